The second kappa shape index (κ2) is 10.8. The second-order valence-electron chi connectivity index (χ2n) is 5.78. The van der Waals surface area contributed by atoms with Crippen LogP contribution in [0.5, 0.6) is 11.5 Å². The van der Waals surface area contributed by atoms with Crippen LogP contribution >= 0.6 is 0 Å². The number of amides is 1. The second-order valence-corrected chi connectivity index (χ2v) is 5.78. The molecule has 0 aromatic heterocycles. The molecule has 0 saturated carbocycles. The fraction of sp³-hybridized carbons (Fsp3) is 0.238. The molecule has 8 heteroatoms. The lowest BCUT2D eigenvalue weighted by Gasteiger charge is -2.15. The van der Waals surface area contributed by atoms with Crippen molar-refractivity contribution in [2.75, 3.05) is 11.9 Å². The highest BCUT2D eigenvalue weighted by Crippen LogP contribution is 2.25. The van der Waals surface area contributed by atoms with E-state index in [-0.39, 0.29) is 11.4 Å². The van der Waals surface area contributed by atoms with Crippen LogP contribution in [0.3, 0.4) is 0 Å². The molecule has 2 rings (SSSR count). The average molecular weight is 405 g/mol. The molecule has 0 heterocycles. The third-order valence-corrected chi connectivity index (χ3v) is 3.63. The Morgan fingerprint density at radius 3 is 2.45 bits per heavy atom. The Kier molecular flexibility index (Phi) is 8.14. The molecule has 1 amide bonds. The number of esters is 1. The number of hydrogen-bond donors (Lipinski definition) is 1. The summed E-state index contributed by atoms with van der Waals surface area (Å²) in [5.41, 5.74) is 0.797. The molecule has 1 atom stereocenters. The highest BCUT2D eigenvalue weighted by atomic mass is 19.3. The number of carbonyl (C=O) groups excluding carboxylic acids is 2. The minimum Gasteiger partial charge on any atom is -0.494 e. The van der Waals surface area contributed by atoms with E-state index in [9.17, 15) is 18.4 Å². The number of ether oxygens (including phenoxy) is 3. The summed E-state index contributed by atoms with van der Waals surface area (Å²) in [6.07, 6.45) is 1.58. The van der Waals surface area contributed by atoms with Crippen LogP contribution in [0.25, 0.3) is 6.08 Å². The van der Waals surface area contributed by atoms with Gasteiger partial charge in [0.25, 0.3) is 5.91 Å². The van der Waals surface area contributed by atoms with Crippen molar-refractivity contribution in [1.82, 2.24) is 0 Å². The number of para-hydroxylation sites is 2. The first-order valence-electron chi connectivity index (χ1n) is 8.85. The summed E-state index contributed by atoms with van der Waals surface area (Å²) < 4.78 is 39.6. The molecule has 154 valence electrons. The minimum atomic E-state index is -3.03. The largest absolute Gasteiger partial charge is 0.494 e. The van der Waals surface area contributed by atoms with Gasteiger partial charge in [-0.25, -0.2) is 4.79 Å². The normalized spacial score (nSPS) is 11.9. The van der Waals surface area contributed by atoms with Crippen molar-refractivity contribution >= 4 is 23.6 Å². The molecule has 29 heavy (non-hydrogen) atoms. The lowest BCUT2D eigenvalue weighted by molar-refractivity contribution is -0.148. The highest BCUT2D eigenvalue weighted by Gasteiger charge is 2.19. The number of nitrogens with one attached hydrogen (secondary N) is 1. The Labute approximate surface area is 167 Å². The van der Waals surface area contributed by atoms with Gasteiger partial charge in [0, 0.05) is 6.08 Å². The van der Waals surface area contributed by atoms with Gasteiger partial charge in [-0.1, -0.05) is 24.3 Å². The van der Waals surface area contributed by atoms with Crippen molar-refractivity contribution < 1.29 is 32.6 Å². The molecule has 0 aliphatic carbocycles. The molecule has 0 aliphatic rings. The highest BCUT2D eigenvalue weighted by molar-refractivity contribution is 5.97. The molecule has 0 fully saturated rings. The summed E-state index contributed by atoms with van der Waals surface area (Å²) in [5.74, 6) is -0.879. The Balaban J connectivity index is 1.91. The van der Waals surface area contributed by atoms with Gasteiger partial charge >= 0.3 is 12.6 Å². The standard InChI is InChI=1S/C21H21F2NO5/c1-3-27-16-11-8-15(9-12-16)10-13-19(25)28-14(2)20(26)24-17-6-4-5-7-18(17)29-21(22)23/h4-14,21H,3H2,1-2H3,(H,24,26)/b13-10+/t14-/m0/s1. The van der Waals surface area contributed by atoms with E-state index < -0.39 is 24.6 Å². The molecular formula is C21H21F2NO5. The Morgan fingerprint density at radius 1 is 1.10 bits per heavy atom. The summed E-state index contributed by atoms with van der Waals surface area (Å²) in [6, 6.07) is 12.8. The van der Waals surface area contributed by atoms with E-state index >= 15 is 0 Å². The zero-order valence-electron chi connectivity index (χ0n) is 15.9. The van der Waals surface area contributed by atoms with Crippen molar-refractivity contribution in [3.05, 3.63) is 60.2 Å². The topological polar surface area (TPSA) is 73.9 Å². The van der Waals surface area contributed by atoms with Crippen molar-refractivity contribution in [1.29, 1.82) is 0 Å². The molecular weight excluding hydrogens is 384 g/mol. The molecule has 6 nitrogen and oxygen atoms in total. The minimum absolute atomic E-state index is 0.0469. The maximum absolute atomic E-state index is 12.4. The number of benzene rings is 2. The summed E-state index contributed by atoms with van der Waals surface area (Å²) in [7, 11) is 0. The number of rotatable bonds is 9. The van der Waals surface area contributed by atoms with Gasteiger partial charge in [0.1, 0.15) is 11.5 Å². The fourth-order valence-corrected chi connectivity index (χ4v) is 2.28. The van der Waals surface area contributed by atoms with E-state index in [1.54, 1.807) is 30.3 Å². The van der Waals surface area contributed by atoms with E-state index in [0.29, 0.717) is 12.4 Å². The van der Waals surface area contributed by atoms with Crippen molar-refractivity contribution in [3.8, 4) is 11.5 Å². The van der Waals surface area contributed by atoms with Gasteiger partial charge in [-0.05, 0) is 49.8 Å². The zero-order chi connectivity index (χ0) is 21.2. The van der Waals surface area contributed by atoms with Crippen molar-refractivity contribution in [2.24, 2.45) is 0 Å². The molecule has 2 aromatic rings. The van der Waals surface area contributed by atoms with Crippen LogP contribution in [0.1, 0.15) is 19.4 Å². The van der Waals surface area contributed by atoms with E-state index in [4.69, 9.17) is 9.47 Å². The molecule has 0 saturated heterocycles. The SMILES string of the molecule is CCOc1ccc(/C=C/C(=O)O[C@@H](C)C(=O)Nc2ccccc2OC(F)F)cc1. The number of carbonyl (C=O) groups is 2. The Bertz CT molecular complexity index is 852. The summed E-state index contributed by atoms with van der Waals surface area (Å²) in [6.45, 7) is 0.774. The van der Waals surface area contributed by atoms with Crippen LogP contribution < -0.4 is 14.8 Å². The van der Waals surface area contributed by atoms with Gasteiger partial charge in [-0.3, -0.25) is 4.79 Å². The molecule has 0 aliphatic heterocycles. The molecule has 0 spiro atoms. The van der Waals surface area contributed by atoms with Crippen LogP contribution in [0.4, 0.5) is 14.5 Å². The quantitative estimate of drug-likeness (QED) is 0.498. The lowest BCUT2D eigenvalue weighted by Crippen LogP contribution is -2.29. The molecule has 2 aromatic carbocycles. The Hall–Kier alpha value is -3.42. The van der Waals surface area contributed by atoms with Gasteiger partial charge in [0.15, 0.2) is 6.10 Å². The first-order valence-corrected chi connectivity index (χ1v) is 8.85. The van der Waals surface area contributed by atoms with Crippen LogP contribution in [0.15, 0.2) is 54.6 Å². The predicted octanol–water partition coefficient (Wildman–Crippen LogP) is 4.27. The summed E-state index contributed by atoms with van der Waals surface area (Å²) in [5, 5.41) is 2.40. The summed E-state index contributed by atoms with van der Waals surface area (Å²) in [4.78, 5) is 24.1. The van der Waals surface area contributed by atoms with E-state index in [1.165, 1.54) is 37.3 Å². The third kappa shape index (κ3) is 7.25. The maximum Gasteiger partial charge on any atom is 0.387 e. The van der Waals surface area contributed by atoms with Gasteiger partial charge in [-0.2, -0.15) is 8.78 Å². The third-order valence-electron chi connectivity index (χ3n) is 3.63. The van der Waals surface area contributed by atoms with E-state index in [2.05, 4.69) is 10.1 Å². The fourth-order valence-electron chi connectivity index (χ4n) is 2.28. The molecule has 0 bridgehead atoms. The predicted molar refractivity (Wildman–Crippen MR) is 104 cm³/mol. The number of alkyl halides is 2. The van der Waals surface area contributed by atoms with Gasteiger partial charge in [0.2, 0.25) is 0 Å². The van der Waals surface area contributed by atoms with Gasteiger partial charge in [0.05, 0.1) is 12.3 Å². The van der Waals surface area contributed by atoms with E-state index in [1.807, 2.05) is 6.92 Å². The van der Waals surface area contributed by atoms with E-state index in [0.717, 1.165) is 5.56 Å². The Morgan fingerprint density at radius 2 is 1.79 bits per heavy atom. The van der Waals surface area contributed by atoms with Crippen LogP contribution in [0.2, 0.25) is 0 Å². The maximum atomic E-state index is 12.4. The molecule has 0 unspecified atom stereocenters. The summed E-state index contributed by atoms with van der Waals surface area (Å²) >= 11 is 0. The lowest BCUT2D eigenvalue weighted by atomic mass is 10.2. The van der Waals surface area contributed by atoms with Crippen LogP contribution in [0, 0.1) is 0 Å². The average Bonchev–Trinajstić information content (AvgIpc) is 2.68. The van der Waals surface area contributed by atoms with Gasteiger partial charge in [-0.15, -0.1) is 0 Å². The smallest absolute Gasteiger partial charge is 0.387 e. The number of hydrogen-bond acceptors (Lipinski definition) is 5. The zero-order valence-corrected chi connectivity index (χ0v) is 15.9. The van der Waals surface area contributed by atoms with Crippen molar-refractivity contribution in [2.45, 2.75) is 26.6 Å². The van der Waals surface area contributed by atoms with Crippen LogP contribution in [-0.4, -0.2) is 31.2 Å². The van der Waals surface area contributed by atoms with Crippen LogP contribution in [-0.2, 0) is 14.3 Å². The molecule has 1 N–H and O–H groups in total. The molecule has 0 radical (unpaired) electrons. The monoisotopic (exact) mass is 405 g/mol. The first-order chi connectivity index (χ1) is 13.9. The number of halogens is 2. The van der Waals surface area contributed by atoms with Crippen molar-refractivity contribution in [3.63, 3.8) is 0 Å². The number of anilines is 1. The first kappa shape index (κ1) is 21.9. The van der Waals surface area contributed by atoms with Gasteiger partial charge < -0.3 is 19.5 Å².